The molecular formula is C17H32O4. The lowest BCUT2D eigenvalue weighted by Crippen LogP contribution is -2.20. The van der Waals surface area contributed by atoms with Crippen molar-refractivity contribution < 1.29 is 19.8 Å². The highest BCUT2D eigenvalue weighted by molar-refractivity contribution is 5.70. The molecule has 0 aliphatic carbocycles. The van der Waals surface area contributed by atoms with Crippen molar-refractivity contribution in [1.29, 1.82) is 0 Å². The van der Waals surface area contributed by atoms with Crippen molar-refractivity contribution in [3.8, 4) is 0 Å². The second-order valence-corrected chi connectivity index (χ2v) is 6.08. The Morgan fingerprint density at radius 1 is 0.857 bits per heavy atom. The van der Waals surface area contributed by atoms with Crippen LogP contribution >= 0.6 is 0 Å². The van der Waals surface area contributed by atoms with Crippen LogP contribution in [-0.4, -0.2) is 22.2 Å². The maximum absolute atomic E-state index is 11.3. The Hall–Kier alpha value is -1.06. The number of rotatable bonds is 14. The Morgan fingerprint density at radius 2 is 1.48 bits per heavy atom. The van der Waals surface area contributed by atoms with Crippen LogP contribution in [0.3, 0.4) is 0 Å². The van der Waals surface area contributed by atoms with Crippen LogP contribution in [-0.2, 0) is 9.59 Å². The van der Waals surface area contributed by atoms with Gasteiger partial charge in [0.1, 0.15) is 0 Å². The van der Waals surface area contributed by atoms with Crippen LogP contribution in [0.25, 0.3) is 0 Å². The van der Waals surface area contributed by atoms with Crippen LogP contribution in [0.15, 0.2) is 0 Å². The highest BCUT2D eigenvalue weighted by atomic mass is 16.4. The average molecular weight is 300 g/mol. The number of carboxylic acid groups (broad SMARTS) is 2. The summed E-state index contributed by atoms with van der Waals surface area (Å²) in [5.74, 6) is -1.98. The second-order valence-electron chi connectivity index (χ2n) is 6.08. The molecule has 0 aromatic carbocycles. The van der Waals surface area contributed by atoms with Crippen LogP contribution in [0.1, 0.15) is 84.5 Å². The molecule has 0 fully saturated rings. The standard InChI is InChI=1S/C17H32O4/c1-3-5-6-7-8-9-11-15(17(20)21)12-14(10-4-2)13-16(18)19/h14-15H,3-13H2,1-2H3,(H,18,19)(H,20,21). The van der Waals surface area contributed by atoms with Crippen LogP contribution in [0.2, 0.25) is 0 Å². The first-order valence-corrected chi connectivity index (χ1v) is 8.45. The molecule has 0 rings (SSSR count). The quantitative estimate of drug-likeness (QED) is 0.455. The van der Waals surface area contributed by atoms with Crippen molar-refractivity contribution >= 4 is 11.9 Å². The summed E-state index contributed by atoms with van der Waals surface area (Å²) in [6.45, 7) is 4.19. The third kappa shape index (κ3) is 11.3. The van der Waals surface area contributed by atoms with Gasteiger partial charge in [-0.15, -0.1) is 0 Å². The summed E-state index contributed by atoms with van der Waals surface area (Å²) < 4.78 is 0. The number of carbonyl (C=O) groups is 2. The Labute approximate surface area is 128 Å². The number of hydrogen-bond donors (Lipinski definition) is 2. The van der Waals surface area contributed by atoms with E-state index in [2.05, 4.69) is 6.92 Å². The monoisotopic (exact) mass is 300 g/mol. The molecule has 0 aromatic heterocycles. The topological polar surface area (TPSA) is 74.6 Å². The molecule has 0 aliphatic rings. The van der Waals surface area contributed by atoms with E-state index < -0.39 is 11.9 Å². The van der Waals surface area contributed by atoms with Crippen LogP contribution in [0.4, 0.5) is 0 Å². The van der Waals surface area contributed by atoms with E-state index in [0.717, 1.165) is 25.7 Å². The fourth-order valence-electron chi connectivity index (χ4n) is 2.87. The highest BCUT2D eigenvalue weighted by Gasteiger charge is 2.23. The summed E-state index contributed by atoms with van der Waals surface area (Å²) >= 11 is 0. The molecule has 0 aliphatic heterocycles. The second kappa shape index (κ2) is 12.7. The van der Waals surface area contributed by atoms with Crippen molar-refractivity contribution in [3.63, 3.8) is 0 Å². The van der Waals surface area contributed by atoms with Gasteiger partial charge in [-0.2, -0.15) is 0 Å². The molecule has 124 valence electrons. The third-order valence-electron chi connectivity index (χ3n) is 4.03. The van der Waals surface area contributed by atoms with Crippen molar-refractivity contribution in [2.75, 3.05) is 0 Å². The summed E-state index contributed by atoms with van der Waals surface area (Å²) in [7, 11) is 0. The maximum atomic E-state index is 11.3. The summed E-state index contributed by atoms with van der Waals surface area (Å²) in [6, 6.07) is 0. The van der Waals surface area contributed by atoms with Gasteiger partial charge in [-0.1, -0.05) is 65.2 Å². The molecule has 0 bridgehead atoms. The zero-order valence-electron chi connectivity index (χ0n) is 13.6. The molecule has 0 radical (unpaired) electrons. The minimum absolute atomic E-state index is 0.00584. The number of carboxylic acids is 2. The van der Waals surface area contributed by atoms with Gasteiger partial charge in [0, 0.05) is 6.42 Å². The summed E-state index contributed by atoms with van der Waals surface area (Å²) in [5.41, 5.74) is 0. The third-order valence-corrected chi connectivity index (χ3v) is 4.03. The van der Waals surface area contributed by atoms with Gasteiger partial charge in [0.15, 0.2) is 0 Å². The van der Waals surface area contributed by atoms with Crippen LogP contribution in [0, 0.1) is 11.8 Å². The zero-order valence-corrected chi connectivity index (χ0v) is 13.6. The van der Waals surface area contributed by atoms with Gasteiger partial charge in [-0.25, -0.2) is 0 Å². The molecule has 0 amide bonds. The van der Waals surface area contributed by atoms with Gasteiger partial charge < -0.3 is 10.2 Å². The average Bonchev–Trinajstić information content (AvgIpc) is 2.40. The van der Waals surface area contributed by atoms with E-state index in [1.165, 1.54) is 25.7 Å². The van der Waals surface area contributed by atoms with E-state index in [1.807, 2.05) is 6.92 Å². The fraction of sp³-hybridized carbons (Fsp3) is 0.882. The first-order chi connectivity index (χ1) is 10.0. The van der Waals surface area contributed by atoms with Gasteiger partial charge in [0.2, 0.25) is 0 Å². The summed E-state index contributed by atoms with van der Waals surface area (Å²) in [4.78, 5) is 22.2. The Bertz CT molecular complexity index is 289. The molecule has 2 N–H and O–H groups in total. The number of unbranched alkanes of at least 4 members (excludes halogenated alkanes) is 5. The molecule has 0 saturated carbocycles. The van der Waals surface area contributed by atoms with E-state index in [-0.39, 0.29) is 18.3 Å². The molecule has 21 heavy (non-hydrogen) atoms. The van der Waals surface area contributed by atoms with E-state index >= 15 is 0 Å². The van der Waals surface area contributed by atoms with Crippen molar-refractivity contribution in [2.45, 2.75) is 84.5 Å². The smallest absolute Gasteiger partial charge is 0.306 e. The van der Waals surface area contributed by atoms with Gasteiger partial charge in [-0.05, 0) is 18.8 Å². The van der Waals surface area contributed by atoms with E-state index in [0.29, 0.717) is 12.8 Å². The molecule has 0 spiro atoms. The molecule has 4 nitrogen and oxygen atoms in total. The molecule has 4 heteroatoms. The SMILES string of the molecule is CCCCCCCCC(CC(CCC)CC(=O)O)C(=O)O. The number of hydrogen-bond acceptors (Lipinski definition) is 2. The summed E-state index contributed by atoms with van der Waals surface area (Å²) in [6.07, 6.45) is 9.87. The Kier molecular flexibility index (Phi) is 12.0. The molecule has 2 atom stereocenters. The van der Waals surface area contributed by atoms with E-state index in [1.54, 1.807) is 0 Å². The van der Waals surface area contributed by atoms with E-state index in [4.69, 9.17) is 5.11 Å². The lowest BCUT2D eigenvalue weighted by Gasteiger charge is -2.19. The van der Waals surface area contributed by atoms with E-state index in [9.17, 15) is 14.7 Å². The molecular weight excluding hydrogens is 268 g/mol. The fourth-order valence-corrected chi connectivity index (χ4v) is 2.87. The van der Waals surface area contributed by atoms with Crippen molar-refractivity contribution in [1.82, 2.24) is 0 Å². The van der Waals surface area contributed by atoms with Gasteiger partial charge in [0.05, 0.1) is 5.92 Å². The van der Waals surface area contributed by atoms with Crippen molar-refractivity contribution in [3.05, 3.63) is 0 Å². The lowest BCUT2D eigenvalue weighted by atomic mass is 9.86. The van der Waals surface area contributed by atoms with Crippen LogP contribution in [0.5, 0.6) is 0 Å². The zero-order chi connectivity index (χ0) is 16.1. The van der Waals surface area contributed by atoms with Crippen molar-refractivity contribution in [2.24, 2.45) is 11.8 Å². The molecule has 0 saturated heterocycles. The molecule has 0 heterocycles. The first-order valence-electron chi connectivity index (χ1n) is 8.45. The number of aliphatic carboxylic acids is 2. The summed E-state index contributed by atoms with van der Waals surface area (Å²) in [5, 5.41) is 18.2. The van der Waals surface area contributed by atoms with Gasteiger partial charge >= 0.3 is 11.9 Å². The van der Waals surface area contributed by atoms with Gasteiger partial charge in [0.25, 0.3) is 0 Å². The maximum Gasteiger partial charge on any atom is 0.306 e. The molecule has 2 unspecified atom stereocenters. The Morgan fingerprint density at radius 3 is 2.00 bits per heavy atom. The Balaban J connectivity index is 4.14. The predicted octanol–water partition coefficient (Wildman–Crippen LogP) is 4.72. The normalized spacial score (nSPS) is 13.8. The van der Waals surface area contributed by atoms with Gasteiger partial charge in [-0.3, -0.25) is 9.59 Å². The largest absolute Gasteiger partial charge is 0.481 e. The predicted molar refractivity (Wildman–Crippen MR) is 84.4 cm³/mol. The first kappa shape index (κ1) is 19.9. The highest BCUT2D eigenvalue weighted by Crippen LogP contribution is 2.25. The lowest BCUT2D eigenvalue weighted by molar-refractivity contribution is -0.144. The molecule has 0 aromatic rings. The minimum Gasteiger partial charge on any atom is -0.481 e. The van der Waals surface area contributed by atoms with Crippen LogP contribution < -0.4 is 0 Å². The minimum atomic E-state index is -0.822.